The Kier molecular flexibility index (Phi) is 8.19. The molecular formula is C20H26N2O3S2. The van der Waals surface area contributed by atoms with Gasteiger partial charge in [-0.2, -0.15) is 11.8 Å². The number of benzene rings is 2. The number of carbonyl (C=O) groups excluding carboxylic acids is 1. The predicted octanol–water partition coefficient (Wildman–Crippen LogP) is 3.28. The van der Waals surface area contributed by atoms with Gasteiger partial charge in [0.05, 0.1) is 11.9 Å². The van der Waals surface area contributed by atoms with Crippen LogP contribution in [0.25, 0.3) is 0 Å². The van der Waals surface area contributed by atoms with E-state index in [4.69, 9.17) is 0 Å². The number of hydrogen-bond donors (Lipinski definition) is 1. The van der Waals surface area contributed by atoms with Gasteiger partial charge in [0, 0.05) is 18.1 Å². The van der Waals surface area contributed by atoms with Crippen LogP contribution >= 0.6 is 11.8 Å². The summed E-state index contributed by atoms with van der Waals surface area (Å²) in [5, 5.41) is 2.88. The lowest BCUT2D eigenvalue weighted by Gasteiger charge is -2.30. The minimum absolute atomic E-state index is 0.271. The van der Waals surface area contributed by atoms with Gasteiger partial charge < -0.3 is 5.32 Å². The molecule has 0 saturated carbocycles. The molecule has 0 saturated heterocycles. The van der Waals surface area contributed by atoms with Crippen LogP contribution in [-0.2, 0) is 20.6 Å². The molecule has 0 aliphatic heterocycles. The summed E-state index contributed by atoms with van der Waals surface area (Å²) in [5.74, 6) is 1.38. The molecule has 2 aromatic carbocycles. The Hall–Kier alpha value is -1.99. The third-order valence-corrected chi connectivity index (χ3v) is 6.21. The fourth-order valence-corrected chi connectivity index (χ4v) is 4.79. The number of rotatable bonds is 10. The highest BCUT2D eigenvalue weighted by molar-refractivity contribution is 7.98. The zero-order valence-corrected chi connectivity index (χ0v) is 17.3. The van der Waals surface area contributed by atoms with E-state index in [9.17, 15) is 13.2 Å². The van der Waals surface area contributed by atoms with E-state index in [1.807, 2.05) is 31.2 Å². The van der Waals surface area contributed by atoms with Crippen molar-refractivity contribution in [2.24, 2.45) is 0 Å². The molecule has 7 heteroatoms. The quantitative estimate of drug-likeness (QED) is 0.615. The van der Waals surface area contributed by atoms with Crippen LogP contribution in [0, 0.1) is 0 Å². The summed E-state index contributed by atoms with van der Waals surface area (Å²) in [7, 11) is -3.58. The number of hydrogen-bond acceptors (Lipinski definition) is 4. The Bertz CT molecular complexity index is 812. The maximum atomic E-state index is 12.6. The second kappa shape index (κ2) is 10.4. The van der Waals surface area contributed by atoms with Crippen LogP contribution in [-0.4, -0.2) is 38.9 Å². The molecular weight excluding hydrogens is 380 g/mol. The topological polar surface area (TPSA) is 66.5 Å². The van der Waals surface area contributed by atoms with Gasteiger partial charge in [-0.1, -0.05) is 55.5 Å². The normalized spacial score (nSPS) is 12.4. The average molecular weight is 407 g/mol. The van der Waals surface area contributed by atoms with E-state index in [1.165, 1.54) is 9.87 Å². The van der Waals surface area contributed by atoms with Crippen LogP contribution in [0.4, 0.5) is 5.69 Å². The first kappa shape index (κ1) is 21.3. The summed E-state index contributed by atoms with van der Waals surface area (Å²) in [6.45, 7) is 2.31. The lowest BCUT2D eigenvalue weighted by Crippen LogP contribution is -2.49. The molecule has 0 heterocycles. The fraction of sp³-hybridized carbons (Fsp3) is 0.350. The SMILES string of the molecule is CC[C@H](C(=O)NCCSCc1ccccc1)N(c1ccccc1)S(C)(=O)=O. The van der Waals surface area contributed by atoms with Crippen LogP contribution in [0.3, 0.4) is 0 Å². The molecule has 5 nitrogen and oxygen atoms in total. The van der Waals surface area contributed by atoms with E-state index in [2.05, 4.69) is 17.4 Å². The molecule has 0 aromatic heterocycles. The Labute approximate surface area is 166 Å². The first-order valence-corrected chi connectivity index (χ1v) is 11.9. The second-order valence-corrected chi connectivity index (χ2v) is 9.11. The third-order valence-electron chi connectivity index (χ3n) is 4.00. The molecule has 2 rings (SSSR count). The van der Waals surface area contributed by atoms with Gasteiger partial charge in [-0.3, -0.25) is 9.10 Å². The Morgan fingerprint density at radius 3 is 2.22 bits per heavy atom. The van der Waals surface area contributed by atoms with Gasteiger partial charge in [0.1, 0.15) is 6.04 Å². The molecule has 0 spiro atoms. The molecule has 146 valence electrons. The van der Waals surface area contributed by atoms with Crippen molar-refractivity contribution >= 4 is 33.4 Å². The summed E-state index contributed by atoms with van der Waals surface area (Å²) in [4.78, 5) is 12.6. The number of thioether (sulfide) groups is 1. The zero-order valence-electron chi connectivity index (χ0n) is 15.7. The number of carbonyl (C=O) groups is 1. The van der Waals surface area contributed by atoms with Crippen molar-refractivity contribution in [1.29, 1.82) is 0 Å². The van der Waals surface area contributed by atoms with Crippen molar-refractivity contribution in [3.8, 4) is 0 Å². The Balaban J connectivity index is 1.93. The van der Waals surface area contributed by atoms with Gasteiger partial charge in [-0.25, -0.2) is 8.42 Å². The Morgan fingerprint density at radius 2 is 1.67 bits per heavy atom. The first-order chi connectivity index (χ1) is 12.9. The lowest BCUT2D eigenvalue weighted by molar-refractivity contribution is -0.122. The molecule has 1 amide bonds. The molecule has 0 radical (unpaired) electrons. The van der Waals surface area contributed by atoms with Gasteiger partial charge in [-0.15, -0.1) is 0 Å². The van der Waals surface area contributed by atoms with Crippen molar-refractivity contribution in [1.82, 2.24) is 5.32 Å². The van der Waals surface area contributed by atoms with E-state index in [0.29, 0.717) is 18.7 Å². The number of anilines is 1. The summed E-state index contributed by atoms with van der Waals surface area (Å²) in [6, 6.07) is 18.1. The molecule has 1 N–H and O–H groups in total. The number of nitrogens with zero attached hydrogens (tertiary/aromatic N) is 1. The molecule has 0 aliphatic carbocycles. The molecule has 0 unspecified atom stereocenters. The van der Waals surface area contributed by atoms with Crippen LogP contribution in [0.2, 0.25) is 0 Å². The minimum atomic E-state index is -3.58. The summed E-state index contributed by atoms with van der Waals surface area (Å²) < 4.78 is 25.8. The molecule has 0 fully saturated rings. The van der Waals surface area contributed by atoms with Crippen molar-refractivity contribution in [3.05, 3.63) is 66.2 Å². The number of para-hydroxylation sites is 1. The largest absolute Gasteiger partial charge is 0.353 e. The highest BCUT2D eigenvalue weighted by Crippen LogP contribution is 2.22. The maximum absolute atomic E-state index is 12.6. The van der Waals surface area contributed by atoms with Crippen molar-refractivity contribution in [2.45, 2.75) is 25.1 Å². The van der Waals surface area contributed by atoms with E-state index in [1.54, 1.807) is 36.0 Å². The third kappa shape index (κ3) is 6.59. The highest BCUT2D eigenvalue weighted by Gasteiger charge is 2.31. The average Bonchev–Trinajstić information content (AvgIpc) is 2.66. The van der Waals surface area contributed by atoms with Gasteiger partial charge in [0.25, 0.3) is 0 Å². The van der Waals surface area contributed by atoms with Crippen LogP contribution in [0.1, 0.15) is 18.9 Å². The van der Waals surface area contributed by atoms with Crippen LogP contribution in [0.15, 0.2) is 60.7 Å². The zero-order chi connectivity index (χ0) is 19.7. The van der Waals surface area contributed by atoms with E-state index in [0.717, 1.165) is 17.8 Å². The van der Waals surface area contributed by atoms with Gasteiger partial charge in [0.15, 0.2) is 0 Å². The molecule has 0 bridgehead atoms. The number of nitrogens with one attached hydrogen (secondary N) is 1. The number of amides is 1. The van der Waals surface area contributed by atoms with Gasteiger partial charge in [-0.05, 0) is 24.1 Å². The standard InChI is InChI=1S/C20H26N2O3S2/c1-3-19(22(27(2,24)25)18-12-8-5-9-13-18)20(23)21-14-15-26-16-17-10-6-4-7-11-17/h4-13,19H,3,14-16H2,1-2H3,(H,21,23)/t19-/m1/s1. The monoisotopic (exact) mass is 406 g/mol. The van der Waals surface area contributed by atoms with Crippen LogP contribution < -0.4 is 9.62 Å². The van der Waals surface area contributed by atoms with E-state index in [-0.39, 0.29) is 5.91 Å². The van der Waals surface area contributed by atoms with Gasteiger partial charge in [0.2, 0.25) is 15.9 Å². The summed E-state index contributed by atoms with van der Waals surface area (Å²) >= 11 is 1.73. The van der Waals surface area contributed by atoms with Crippen LogP contribution in [0.5, 0.6) is 0 Å². The minimum Gasteiger partial charge on any atom is -0.353 e. The van der Waals surface area contributed by atoms with Crippen molar-refractivity contribution in [2.75, 3.05) is 22.9 Å². The number of sulfonamides is 1. The summed E-state index contributed by atoms with van der Waals surface area (Å²) in [6.07, 6.45) is 1.52. The molecule has 1 atom stereocenters. The molecule has 0 aliphatic rings. The molecule has 27 heavy (non-hydrogen) atoms. The smallest absolute Gasteiger partial charge is 0.243 e. The van der Waals surface area contributed by atoms with Crippen molar-refractivity contribution in [3.63, 3.8) is 0 Å². The highest BCUT2D eigenvalue weighted by atomic mass is 32.2. The summed E-state index contributed by atoms with van der Waals surface area (Å²) in [5.41, 5.74) is 1.74. The maximum Gasteiger partial charge on any atom is 0.243 e. The molecule has 2 aromatic rings. The van der Waals surface area contributed by atoms with Gasteiger partial charge >= 0.3 is 0 Å². The van der Waals surface area contributed by atoms with E-state index < -0.39 is 16.1 Å². The second-order valence-electron chi connectivity index (χ2n) is 6.15. The Morgan fingerprint density at radius 1 is 1.07 bits per heavy atom. The van der Waals surface area contributed by atoms with Crippen molar-refractivity contribution < 1.29 is 13.2 Å². The van der Waals surface area contributed by atoms with E-state index >= 15 is 0 Å². The first-order valence-electron chi connectivity index (χ1n) is 8.87. The predicted molar refractivity (Wildman–Crippen MR) is 113 cm³/mol. The fourth-order valence-electron chi connectivity index (χ4n) is 2.76. The lowest BCUT2D eigenvalue weighted by atomic mass is 10.2.